The van der Waals surface area contributed by atoms with E-state index in [0.717, 1.165) is 16.9 Å². The predicted octanol–water partition coefficient (Wildman–Crippen LogP) is 5.79. The minimum absolute atomic E-state index is 0.0105. The number of ether oxygens (including phenoxy) is 2. The number of nitrogens with one attached hydrogen (secondary N) is 1. The zero-order chi connectivity index (χ0) is 26.7. The first kappa shape index (κ1) is 26.1. The molecule has 0 spiro atoms. The van der Waals surface area contributed by atoms with Crippen molar-refractivity contribution >= 4 is 39.0 Å². The Kier molecular flexibility index (Phi) is 7.73. The van der Waals surface area contributed by atoms with E-state index in [9.17, 15) is 14.4 Å². The summed E-state index contributed by atoms with van der Waals surface area (Å²) in [6.45, 7) is 9.87. The van der Waals surface area contributed by atoms with E-state index >= 15 is 0 Å². The molecule has 2 aromatic carbocycles. The van der Waals surface area contributed by atoms with Crippen molar-refractivity contribution in [3.05, 3.63) is 81.1 Å². The van der Waals surface area contributed by atoms with Gasteiger partial charge in [-0.1, -0.05) is 26.0 Å². The number of hydrogen-bond donors (Lipinski definition) is 1. The number of thiophene rings is 1. The fourth-order valence-corrected chi connectivity index (χ4v) is 4.73. The molecule has 4 aromatic rings. The first-order valence-electron chi connectivity index (χ1n) is 12.1. The van der Waals surface area contributed by atoms with Crippen LogP contribution in [-0.4, -0.2) is 34.4 Å². The molecule has 0 saturated heterocycles. The van der Waals surface area contributed by atoms with Gasteiger partial charge in [-0.2, -0.15) is 9.78 Å². The van der Waals surface area contributed by atoms with Crippen molar-refractivity contribution < 1.29 is 19.1 Å². The maximum absolute atomic E-state index is 13.6. The molecule has 0 bridgehead atoms. The molecule has 0 atom stereocenters. The van der Waals surface area contributed by atoms with Gasteiger partial charge in [0.05, 0.1) is 23.8 Å². The van der Waals surface area contributed by atoms with Crippen molar-refractivity contribution in [1.29, 1.82) is 0 Å². The van der Waals surface area contributed by atoms with Crippen molar-refractivity contribution in [2.75, 3.05) is 11.9 Å². The predicted molar refractivity (Wildman–Crippen MR) is 145 cm³/mol. The van der Waals surface area contributed by atoms with Gasteiger partial charge in [0.2, 0.25) is 0 Å². The number of benzene rings is 2. The van der Waals surface area contributed by atoms with Gasteiger partial charge in [0.25, 0.3) is 11.5 Å². The molecular formula is C28H29N3O5S. The van der Waals surface area contributed by atoms with Crippen LogP contribution >= 0.6 is 11.3 Å². The molecule has 37 heavy (non-hydrogen) atoms. The average Bonchev–Trinajstić information content (AvgIpc) is 3.28. The van der Waals surface area contributed by atoms with Crippen LogP contribution in [0.5, 0.6) is 5.75 Å². The molecule has 2 aromatic heterocycles. The van der Waals surface area contributed by atoms with Crippen LogP contribution in [0.3, 0.4) is 0 Å². The number of fused-ring (bicyclic) bond motifs is 1. The molecular weight excluding hydrogens is 490 g/mol. The van der Waals surface area contributed by atoms with Crippen LogP contribution in [0, 0.1) is 0 Å². The zero-order valence-corrected chi connectivity index (χ0v) is 22.2. The molecule has 0 unspecified atom stereocenters. The second-order valence-corrected chi connectivity index (χ2v) is 9.91. The number of carbonyl (C=O) groups is 2. The minimum Gasteiger partial charge on any atom is -0.491 e. The lowest BCUT2D eigenvalue weighted by Crippen LogP contribution is -2.25. The molecule has 0 aliphatic carbocycles. The molecule has 4 rings (SSSR count). The Bertz CT molecular complexity index is 1490. The molecule has 0 aliphatic rings. The summed E-state index contributed by atoms with van der Waals surface area (Å²) in [5, 5.41) is 9.68. The molecule has 0 saturated carbocycles. The number of carbonyl (C=O) groups excluding carboxylic acids is 2. The molecule has 8 nitrogen and oxygen atoms in total. The van der Waals surface area contributed by atoms with Gasteiger partial charge in [0, 0.05) is 16.3 Å². The van der Waals surface area contributed by atoms with Gasteiger partial charge in [0.1, 0.15) is 10.8 Å². The van der Waals surface area contributed by atoms with Crippen LogP contribution in [0.25, 0.3) is 16.5 Å². The van der Waals surface area contributed by atoms with Crippen LogP contribution in [0.15, 0.2) is 58.7 Å². The van der Waals surface area contributed by atoms with Crippen molar-refractivity contribution in [2.24, 2.45) is 0 Å². The Balaban J connectivity index is 1.77. The lowest BCUT2D eigenvalue weighted by Gasteiger charge is -2.12. The summed E-state index contributed by atoms with van der Waals surface area (Å²) >= 11 is 1.15. The normalized spacial score (nSPS) is 11.2. The molecule has 2 heterocycles. The van der Waals surface area contributed by atoms with Crippen LogP contribution < -0.4 is 15.6 Å². The molecule has 192 valence electrons. The number of esters is 1. The van der Waals surface area contributed by atoms with Gasteiger partial charge >= 0.3 is 5.97 Å². The van der Waals surface area contributed by atoms with E-state index in [1.165, 1.54) is 4.68 Å². The van der Waals surface area contributed by atoms with Crippen LogP contribution in [-0.2, 0) is 4.74 Å². The van der Waals surface area contributed by atoms with Gasteiger partial charge in [0.15, 0.2) is 5.69 Å². The summed E-state index contributed by atoms with van der Waals surface area (Å²) in [5.74, 6) is -0.0521. The number of aromatic nitrogens is 2. The lowest BCUT2D eigenvalue weighted by atomic mass is 10.0. The fraction of sp³-hybridized carbons (Fsp3) is 0.286. The number of amides is 1. The Morgan fingerprint density at radius 3 is 2.30 bits per heavy atom. The Morgan fingerprint density at radius 2 is 1.70 bits per heavy atom. The van der Waals surface area contributed by atoms with Crippen molar-refractivity contribution in [2.45, 2.75) is 46.6 Å². The highest BCUT2D eigenvalue weighted by Gasteiger charge is 2.23. The zero-order valence-electron chi connectivity index (χ0n) is 21.4. The van der Waals surface area contributed by atoms with Crippen LogP contribution in [0.2, 0.25) is 0 Å². The molecule has 1 amide bonds. The van der Waals surface area contributed by atoms with E-state index in [1.807, 2.05) is 26.0 Å². The van der Waals surface area contributed by atoms with Gasteiger partial charge < -0.3 is 14.8 Å². The number of hydrogen-bond acceptors (Lipinski definition) is 7. The topological polar surface area (TPSA) is 99.5 Å². The summed E-state index contributed by atoms with van der Waals surface area (Å²) in [4.78, 5) is 39.4. The highest BCUT2D eigenvalue weighted by molar-refractivity contribution is 7.16. The Labute approximate surface area is 218 Å². The van der Waals surface area contributed by atoms with Crippen LogP contribution in [0.4, 0.5) is 5.00 Å². The Morgan fingerprint density at radius 1 is 1.03 bits per heavy atom. The Hall–Kier alpha value is -3.98. The van der Waals surface area contributed by atoms with Crippen molar-refractivity contribution in [3.8, 4) is 11.4 Å². The van der Waals surface area contributed by atoms with Gasteiger partial charge in [-0.3, -0.25) is 9.59 Å². The maximum atomic E-state index is 13.6. The fourth-order valence-electron chi connectivity index (χ4n) is 3.80. The standard InChI is InChI=1S/C28H29N3O5S/c1-6-35-28(34)24-22-15-37-26(29-25(32)19-9-13-21(14-10-19)36-17(4)5)23(22)27(33)31(30-24)20-11-7-18(8-12-20)16(2)3/h7-17H,6H2,1-5H3,(H,29,32). The maximum Gasteiger partial charge on any atom is 0.359 e. The number of anilines is 1. The molecule has 0 aliphatic heterocycles. The quantitative estimate of drug-likeness (QED) is 0.296. The summed E-state index contributed by atoms with van der Waals surface area (Å²) in [6, 6.07) is 14.2. The van der Waals surface area contributed by atoms with Gasteiger partial charge in [-0.15, -0.1) is 11.3 Å². The van der Waals surface area contributed by atoms with Crippen molar-refractivity contribution in [3.63, 3.8) is 0 Å². The highest BCUT2D eigenvalue weighted by Crippen LogP contribution is 2.31. The van der Waals surface area contributed by atoms with E-state index < -0.39 is 11.5 Å². The average molecular weight is 520 g/mol. The summed E-state index contributed by atoms with van der Waals surface area (Å²) in [7, 11) is 0. The smallest absolute Gasteiger partial charge is 0.359 e. The number of nitrogens with zero attached hydrogens (tertiary/aromatic N) is 2. The van der Waals surface area contributed by atoms with Gasteiger partial charge in [-0.05, 0) is 68.7 Å². The first-order chi connectivity index (χ1) is 17.7. The molecule has 0 radical (unpaired) electrons. The lowest BCUT2D eigenvalue weighted by molar-refractivity contribution is 0.0520. The van der Waals surface area contributed by atoms with Gasteiger partial charge in [-0.25, -0.2) is 4.79 Å². The third-order valence-corrected chi connectivity index (χ3v) is 6.54. The SMILES string of the molecule is CCOC(=O)c1nn(-c2ccc(C(C)C)cc2)c(=O)c2c(NC(=O)c3ccc(OC(C)C)cc3)scc12. The minimum atomic E-state index is -0.642. The van der Waals surface area contributed by atoms with E-state index in [0.29, 0.717) is 33.3 Å². The number of rotatable bonds is 8. The van der Waals surface area contributed by atoms with Crippen molar-refractivity contribution in [1.82, 2.24) is 9.78 Å². The van der Waals surface area contributed by atoms with E-state index in [4.69, 9.17) is 9.47 Å². The third kappa shape index (κ3) is 5.56. The highest BCUT2D eigenvalue weighted by atomic mass is 32.1. The summed E-state index contributed by atoms with van der Waals surface area (Å²) < 4.78 is 12.0. The van der Waals surface area contributed by atoms with Crippen LogP contribution in [0.1, 0.15) is 66.9 Å². The summed E-state index contributed by atoms with van der Waals surface area (Å²) in [6.07, 6.45) is 0.0168. The van der Waals surface area contributed by atoms with E-state index in [1.54, 1.807) is 48.7 Å². The largest absolute Gasteiger partial charge is 0.491 e. The van der Waals surface area contributed by atoms with E-state index in [2.05, 4.69) is 24.3 Å². The third-order valence-electron chi connectivity index (χ3n) is 5.64. The monoisotopic (exact) mass is 519 g/mol. The second-order valence-electron chi connectivity index (χ2n) is 9.03. The molecule has 0 fully saturated rings. The van der Waals surface area contributed by atoms with E-state index in [-0.39, 0.29) is 29.7 Å². The molecule has 1 N–H and O–H groups in total. The first-order valence-corrected chi connectivity index (χ1v) is 13.0. The summed E-state index contributed by atoms with van der Waals surface area (Å²) in [5.41, 5.74) is 1.58. The second kappa shape index (κ2) is 11.0. The molecule has 9 heteroatoms.